The van der Waals surface area contributed by atoms with Gasteiger partial charge in [-0.25, -0.2) is 0 Å². The summed E-state index contributed by atoms with van der Waals surface area (Å²) >= 11 is 0. The summed E-state index contributed by atoms with van der Waals surface area (Å²) in [5, 5.41) is 1.12. The van der Waals surface area contributed by atoms with Crippen LogP contribution < -0.4 is 5.30 Å². The van der Waals surface area contributed by atoms with Crippen LogP contribution in [0.2, 0.25) is 0 Å². The van der Waals surface area contributed by atoms with Gasteiger partial charge in [-0.1, -0.05) is 65.8 Å². The second kappa shape index (κ2) is 6.79. The molecule has 0 radical (unpaired) electrons. The lowest BCUT2D eigenvalue weighted by Crippen LogP contribution is -2.46. The normalized spacial score (nSPS) is 15.8. The molecule has 1 aromatic rings. The Morgan fingerprint density at radius 2 is 1.38 bits per heavy atom. The van der Waals surface area contributed by atoms with E-state index < -0.39 is 11.0 Å². The van der Waals surface area contributed by atoms with Gasteiger partial charge in [-0.05, 0) is 48.9 Å². The maximum atomic E-state index is 13.2. The standard InChI is InChI=1S/C21H35O2P/c1-18(2,3)14-21(9,19(4,5)6)17(22)23-20(7,8)15-10-12-16(24)13-11-15/h10-13H,14,24H2,1-9H3. The molecule has 24 heavy (non-hydrogen) atoms. The number of benzene rings is 1. The molecule has 0 aliphatic rings. The van der Waals surface area contributed by atoms with E-state index in [0.717, 1.165) is 17.3 Å². The number of carbonyl (C=O) groups excluding carboxylic acids is 1. The highest BCUT2D eigenvalue weighted by Gasteiger charge is 2.49. The first-order valence-corrected chi connectivity index (χ1v) is 9.26. The van der Waals surface area contributed by atoms with E-state index in [9.17, 15) is 4.79 Å². The van der Waals surface area contributed by atoms with E-state index in [-0.39, 0.29) is 16.8 Å². The number of ether oxygens (including phenoxy) is 1. The molecule has 0 saturated heterocycles. The van der Waals surface area contributed by atoms with Crippen molar-refractivity contribution in [2.24, 2.45) is 16.2 Å². The van der Waals surface area contributed by atoms with Gasteiger partial charge in [0, 0.05) is 0 Å². The molecule has 0 aliphatic carbocycles. The first-order valence-electron chi connectivity index (χ1n) is 8.68. The van der Waals surface area contributed by atoms with Gasteiger partial charge in [0.2, 0.25) is 0 Å². The molecule has 0 spiro atoms. The van der Waals surface area contributed by atoms with Crippen molar-refractivity contribution in [3.63, 3.8) is 0 Å². The second-order valence-corrected chi connectivity index (χ2v) is 10.5. The summed E-state index contributed by atoms with van der Waals surface area (Å²) in [7, 11) is 2.68. The van der Waals surface area contributed by atoms with Crippen molar-refractivity contribution in [3.8, 4) is 0 Å². The molecule has 0 bridgehead atoms. The predicted molar refractivity (Wildman–Crippen MR) is 107 cm³/mol. The molecular formula is C21H35O2P. The molecule has 0 heterocycles. The molecule has 1 aromatic carbocycles. The van der Waals surface area contributed by atoms with Gasteiger partial charge in [-0.3, -0.25) is 4.79 Å². The Morgan fingerprint density at radius 1 is 0.917 bits per heavy atom. The summed E-state index contributed by atoms with van der Waals surface area (Å²) in [4.78, 5) is 13.2. The third-order valence-electron chi connectivity index (χ3n) is 4.94. The van der Waals surface area contributed by atoms with Crippen molar-refractivity contribution < 1.29 is 9.53 Å². The van der Waals surface area contributed by atoms with E-state index in [4.69, 9.17) is 4.74 Å². The lowest BCUT2D eigenvalue weighted by Gasteiger charge is -2.45. The smallest absolute Gasteiger partial charge is 0.313 e. The van der Waals surface area contributed by atoms with Gasteiger partial charge < -0.3 is 4.74 Å². The minimum absolute atomic E-state index is 0.0479. The van der Waals surface area contributed by atoms with Gasteiger partial charge in [0.05, 0.1) is 5.41 Å². The van der Waals surface area contributed by atoms with Gasteiger partial charge >= 0.3 is 5.97 Å². The van der Waals surface area contributed by atoms with E-state index in [1.807, 2.05) is 45.0 Å². The molecule has 0 aromatic heterocycles. The number of esters is 1. The molecule has 3 heteroatoms. The molecule has 0 amide bonds. The Morgan fingerprint density at radius 3 is 1.75 bits per heavy atom. The van der Waals surface area contributed by atoms with Gasteiger partial charge in [0.25, 0.3) is 0 Å². The number of hydrogen-bond acceptors (Lipinski definition) is 2. The van der Waals surface area contributed by atoms with E-state index in [1.54, 1.807) is 0 Å². The van der Waals surface area contributed by atoms with E-state index in [1.165, 1.54) is 0 Å². The highest BCUT2D eigenvalue weighted by Crippen LogP contribution is 2.48. The van der Waals surface area contributed by atoms with Crippen LogP contribution in [0, 0.1) is 16.2 Å². The fraction of sp³-hybridized carbons (Fsp3) is 0.667. The lowest BCUT2D eigenvalue weighted by atomic mass is 9.61. The Balaban J connectivity index is 3.14. The summed E-state index contributed by atoms with van der Waals surface area (Å²) in [5.41, 5.74) is -0.332. The van der Waals surface area contributed by atoms with Crippen LogP contribution in [0.15, 0.2) is 24.3 Å². The Bertz CT molecular complexity index is 573. The Hall–Kier alpha value is -0.880. The summed E-state index contributed by atoms with van der Waals surface area (Å²) in [5.74, 6) is -0.120. The van der Waals surface area contributed by atoms with Crippen LogP contribution in [0.1, 0.15) is 74.3 Å². The van der Waals surface area contributed by atoms with Gasteiger partial charge in [-0.2, -0.15) is 0 Å². The molecule has 136 valence electrons. The summed E-state index contributed by atoms with van der Waals surface area (Å²) < 4.78 is 6.06. The van der Waals surface area contributed by atoms with Crippen LogP contribution in [-0.4, -0.2) is 5.97 Å². The third kappa shape index (κ3) is 5.06. The number of hydrogen-bond donors (Lipinski definition) is 0. The first-order chi connectivity index (χ1) is 10.6. The molecule has 0 saturated carbocycles. The summed E-state index contributed by atoms with van der Waals surface area (Å²) in [6.45, 7) is 18.9. The maximum Gasteiger partial charge on any atom is 0.313 e. The minimum Gasteiger partial charge on any atom is -0.454 e. The topological polar surface area (TPSA) is 26.3 Å². The number of carbonyl (C=O) groups is 1. The highest BCUT2D eigenvalue weighted by atomic mass is 31.0. The summed E-state index contributed by atoms with van der Waals surface area (Å²) in [6.07, 6.45) is 0.781. The van der Waals surface area contributed by atoms with Crippen LogP contribution in [-0.2, 0) is 15.1 Å². The Labute approximate surface area is 151 Å². The zero-order valence-corrected chi connectivity index (χ0v) is 18.1. The van der Waals surface area contributed by atoms with Crippen LogP contribution in [0.4, 0.5) is 0 Å². The lowest BCUT2D eigenvalue weighted by molar-refractivity contribution is -0.179. The third-order valence-corrected chi connectivity index (χ3v) is 5.33. The molecule has 0 aliphatic heterocycles. The van der Waals surface area contributed by atoms with Crippen LogP contribution in [0.3, 0.4) is 0 Å². The fourth-order valence-corrected chi connectivity index (χ4v) is 3.18. The molecule has 0 N–H and O–H groups in total. The largest absolute Gasteiger partial charge is 0.454 e. The van der Waals surface area contributed by atoms with Crippen molar-refractivity contribution in [2.75, 3.05) is 0 Å². The van der Waals surface area contributed by atoms with Crippen LogP contribution in [0.5, 0.6) is 0 Å². The van der Waals surface area contributed by atoms with E-state index >= 15 is 0 Å². The zero-order valence-electron chi connectivity index (χ0n) is 16.9. The minimum atomic E-state index is -0.653. The zero-order chi connectivity index (χ0) is 19.0. The molecule has 1 rings (SSSR count). The van der Waals surface area contributed by atoms with Crippen molar-refractivity contribution in [1.82, 2.24) is 0 Å². The average Bonchev–Trinajstić information content (AvgIpc) is 2.35. The van der Waals surface area contributed by atoms with Crippen molar-refractivity contribution in [1.29, 1.82) is 0 Å². The predicted octanol–water partition coefficient (Wildman–Crippen LogP) is 5.45. The maximum absolute atomic E-state index is 13.2. The highest BCUT2D eigenvalue weighted by molar-refractivity contribution is 7.27. The molecular weight excluding hydrogens is 315 g/mol. The fourth-order valence-electron chi connectivity index (χ4n) is 2.99. The van der Waals surface area contributed by atoms with Crippen molar-refractivity contribution >= 4 is 20.5 Å². The van der Waals surface area contributed by atoms with Gasteiger partial charge in [0.1, 0.15) is 5.60 Å². The molecule has 0 fully saturated rings. The van der Waals surface area contributed by atoms with Gasteiger partial charge in [0.15, 0.2) is 0 Å². The van der Waals surface area contributed by atoms with Gasteiger partial charge in [-0.15, -0.1) is 9.24 Å². The van der Waals surface area contributed by atoms with E-state index in [0.29, 0.717) is 0 Å². The molecule has 2 nitrogen and oxygen atoms in total. The molecule has 2 atom stereocenters. The second-order valence-electron chi connectivity index (χ2n) is 9.84. The average molecular weight is 350 g/mol. The quantitative estimate of drug-likeness (QED) is 0.533. The van der Waals surface area contributed by atoms with E-state index in [2.05, 4.69) is 50.8 Å². The monoisotopic (exact) mass is 350 g/mol. The van der Waals surface area contributed by atoms with Crippen molar-refractivity contribution in [2.45, 2.75) is 74.3 Å². The Kier molecular flexibility index (Phi) is 5.99. The SMILES string of the molecule is CC(C)(C)CC(C)(C(=O)OC(C)(C)c1ccc(P)cc1)C(C)(C)C. The van der Waals surface area contributed by atoms with Crippen LogP contribution in [0.25, 0.3) is 0 Å². The summed E-state index contributed by atoms with van der Waals surface area (Å²) in [6, 6.07) is 8.09. The molecule has 2 unspecified atom stereocenters. The first kappa shape index (κ1) is 21.2. The van der Waals surface area contributed by atoms with Crippen molar-refractivity contribution in [3.05, 3.63) is 29.8 Å². The number of rotatable bonds is 4. The van der Waals surface area contributed by atoms with Crippen LogP contribution >= 0.6 is 9.24 Å².